The second-order valence-corrected chi connectivity index (χ2v) is 5.59. The fourth-order valence-corrected chi connectivity index (χ4v) is 2.59. The van der Waals surface area contributed by atoms with Gasteiger partial charge < -0.3 is 0 Å². The predicted octanol–water partition coefficient (Wildman–Crippen LogP) is 3.59. The first kappa shape index (κ1) is 13.8. The van der Waals surface area contributed by atoms with Crippen LogP contribution in [0.5, 0.6) is 0 Å². The molecule has 2 aromatic rings. The third-order valence-electron chi connectivity index (χ3n) is 3.59. The lowest BCUT2D eigenvalue weighted by Crippen LogP contribution is -2.20. The topological polar surface area (TPSA) is 41.5 Å². The van der Waals surface area contributed by atoms with E-state index < -0.39 is 0 Å². The first-order chi connectivity index (χ1) is 10.2. The van der Waals surface area contributed by atoms with E-state index >= 15 is 0 Å². The van der Waals surface area contributed by atoms with Crippen molar-refractivity contribution >= 4 is 23.7 Å². The number of carbonyl (C=O) groups is 1. The van der Waals surface area contributed by atoms with E-state index in [0.29, 0.717) is 10.9 Å². The lowest BCUT2D eigenvalue weighted by atomic mass is 10.1. The van der Waals surface area contributed by atoms with Crippen molar-refractivity contribution < 1.29 is 4.79 Å². The molecule has 1 saturated carbocycles. The Bertz CT molecular complexity index is 670. The molecular weight excluding hydrogens is 284 g/mol. The van der Waals surface area contributed by atoms with Crippen molar-refractivity contribution in [2.45, 2.75) is 12.3 Å². The zero-order valence-electron chi connectivity index (χ0n) is 11.4. The Morgan fingerprint density at radius 2 is 2.00 bits per heavy atom. The van der Waals surface area contributed by atoms with E-state index in [2.05, 4.69) is 22.7 Å². The van der Waals surface area contributed by atoms with Gasteiger partial charge in [0.2, 0.25) is 5.91 Å². The number of hydrazone groups is 1. The maximum absolute atomic E-state index is 12.0. The third-order valence-corrected chi connectivity index (χ3v) is 3.83. The molecule has 0 unspecified atom stereocenters. The highest BCUT2D eigenvalue weighted by atomic mass is 35.5. The van der Waals surface area contributed by atoms with Gasteiger partial charge in [0, 0.05) is 10.9 Å². The molecule has 1 aliphatic rings. The van der Waals surface area contributed by atoms with Gasteiger partial charge in [-0.2, -0.15) is 5.10 Å². The smallest absolute Gasteiger partial charge is 0.243 e. The van der Waals surface area contributed by atoms with Crippen LogP contribution in [0, 0.1) is 5.92 Å². The number of rotatable bonds is 4. The molecule has 2 aromatic carbocycles. The van der Waals surface area contributed by atoms with Crippen LogP contribution in [0.3, 0.4) is 0 Å². The summed E-state index contributed by atoms with van der Waals surface area (Å²) in [6.45, 7) is 0. The molecule has 0 aromatic heterocycles. The number of hydrogen-bond donors (Lipinski definition) is 1. The molecule has 1 amide bonds. The van der Waals surface area contributed by atoms with Gasteiger partial charge in [0.1, 0.15) is 0 Å². The van der Waals surface area contributed by atoms with Crippen LogP contribution in [-0.2, 0) is 4.79 Å². The summed E-state index contributed by atoms with van der Waals surface area (Å²) in [6, 6.07) is 17.4. The molecule has 1 aliphatic carbocycles. The van der Waals surface area contributed by atoms with Crippen LogP contribution >= 0.6 is 11.6 Å². The Balaban J connectivity index is 1.54. The third kappa shape index (κ3) is 3.50. The number of hydrogen-bond acceptors (Lipinski definition) is 2. The maximum atomic E-state index is 12.0. The first-order valence-electron chi connectivity index (χ1n) is 6.87. The molecule has 3 nitrogen and oxygen atoms in total. The van der Waals surface area contributed by atoms with Gasteiger partial charge >= 0.3 is 0 Å². The molecule has 0 spiro atoms. The largest absolute Gasteiger partial charge is 0.273 e. The number of nitrogens with zero attached hydrogens (tertiary/aromatic N) is 1. The quantitative estimate of drug-likeness (QED) is 0.680. The van der Waals surface area contributed by atoms with E-state index in [-0.39, 0.29) is 11.8 Å². The molecule has 21 heavy (non-hydrogen) atoms. The van der Waals surface area contributed by atoms with Crippen LogP contribution in [0.1, 0.15) is 23.5 Å². The van der Waals surface area contributed by atoms with Gasteiger partial charge in [0.25, 0.3) is 0 Å². The van der Waals surface area contributed by atoms with E-state index in [0.717, 1.165) is 12.0 Å². The molecule has 0 radical (unpaired) electrons. The second-order valence-electron chi connectivity index (χ2n) is 5.15. The Morgan fingerprint density at radius 3 is 2.76 bits per heavy atom. The van der Waals surface area contributed by atoms with Crippen LogP contribution in [0.4, 0.5) is 0 Å². The minimum absolute atomic E-state index is 0.0258. The molecule has 106 valence electrons. The van der Waals surface area contributed by atoms with Gasteiger partial charge in [-0.05, 0) is 35.6 Å². The highest BCUT2D eigenvalue weighted by Crippen LogP contribution is 2.47. The summed E-state index contributed by atoms with van der Waals surface area (Å²) in [6.07, 6.45) is 2.49. The molecule has 0 heterocycles. The van der Waals surface area contributed by atoms with E-state index in [1.807, 2.05) is 30.3 Å². The molecule has 0 bridgehead atoms. The van der Waals surface area contributed by atoms with E-state index in [1.165, 1.54) is 5.56 Å². The summed E-state index contributed by atoms with van der Waals surface area (Å²) in [5.41, 5.74) is 4.68. The van der Waals surface area contributed by atoms with Crippen LogP contribution in [-0.4, -0.2) is 12.1 Å². The summed E-state index contributed by atoms with van der Waals surface area (Å²) in [5.74, 6) is 0.332. The van der Waals surface area contributed by atoms with Gasteiger partial charge in [0.05, 0.1) is 6.21 Å². The van der Waals surface area contributed by atoms with Gasteiger partial charge in [-0.1, -0.05) is 54.1 Å². The molecule has 1 N–H and O–H groups in total. The van der Waals surface area contributed by atoms with Crippen molar-refractivity contribution in [3.05, 3.63) is 70.7 Å². The molecule has 0 aliphatic heterocycles. The van der Waals surface area contributed by atoms with Crippen molar-refractivity contribution in [1.82, 2.24) is 5.43 Å². The minimum Gasteiger partial charge on any atom is -0.273 e. The zero-order valence-corrected chi connectivity index (χ0v) is 12.1. The Morgan fingerprint density at radius 1 is 1.19 bits per heavy atom. The molecule has 0 saturated heterocycles. The van der Waals surface area contributed by atoms with Crippen molar-refractivity contribution in [1.29, 1.82) is 0 Å². The molecular formula is C17H15ClN2O. The second kappa shape index (κ2) is 6.10. The van der Waals surface area contributed by atoms with E-state index in [9.17, 15) is 4.79 Å². The summed E-state index contributed by atoms with van der Waals surface area (Å²) in [5, 5.41) is 4.64. The number of amides is 1. The number of benzene rings is 2. The lowest BCUT2D eigenvalue weighted by molar-refractivity contribution is -0.122. The Hall–Kier alpha value is -2.13. The molecule has 2 atom stereocenters. The molecule has 1 fully saturated rings. The van der Waals surface area contributed by atoms with Crippen LogP contribution in [0.2, 0.25) is 5.02 Å². The number of carbonyl (C=O) groups excluding carboxylic acids is 1. The average molecular weight is 299 g/mol. The van der Waals surface area contributed by atoms with Crippen LogP contribution in [0.25, 0.3) is 0 Å². The normalized spacial score (nSPS) is 20.4. The van der Waals surface area contributed by atoms with Crippen molar-refractivity contribution in [3.63, 3.8) is 0 Å². The fraction of sp³-hybridized carbons (Fsp3) is 0.176. The standard InChI is InChI=1S/C17H15ClN2O/c18-14-8-4-5-12(9-14)11-19-20-17(21)16-10-15(16)13-6-2-1-3-7-13/h1-9,11,15-16H,10H2,(H,20,21)/t15-,16-/m1/s1. The Labute approximate surface area is 128 Å². The summed E-state index contributed by atoms with van der Waals surface area (Å²) < 4.78 is 0. The van der Waals surface area contributed by atoms with Gasteiger partial charge in [-0.3, -0.25) is 4.79 Å². The van der Waals surface area contributed by atoms with Crippen molar-refractivity contribution in [2.75, 3.05) is 0 Å². The highest BCUT2D eigenvalue weighted by Gasteiger charge is 2.43. The highest BCUT2D eigenvalue weighted by molar-refractivity contribution is 6.30. The SMILES string of the molecule is O=C(NN=Cc1cccc(Cl)c1)[C@@H]1C[C@@H]1c1ccccc1. The monoisotopic (exact) mass is 298 g/mol. The van der Waals surface area contributed by atoms with Gasteiger partial charge in [-0.25, -0.2) is 5.43 Å². The number of nitrogens with one attached hydrogen (secondary N) is 1. The summed E-state index contributed by atoms with van der Waals surface area (Å²) >= 11 is 5.88. The van der Waals surface area contributed by atoms with Crippen molar-refractivity contribution in [3.8, 4) is 0 Å². The first-order valence-corrected chi connectivity index (χ1v) is 7.25. The fourth-order valence-electron chi connectivity index (χ4n) is 2.39. The maximum Gasteiger partial charge on any atom is 0.243 e. The lowest BCUT2D eigenvalue weighted by Gasteiger charge is -2.00. The van der Waals surface area contributed by atoms with Gasteiger partial charge in [0.15, 0.2) is 0 Å². The van der Waals surface area contributed by atoms with Crippen LogP contribution < -0.4 is 5.43 Å². The van der Waals surface area contributed by atoms with Crippen LogP contribution in [0.15, 0.2) is 59.7 Å². The summed E-state index contributed by atoms with van der Waals surface area (Å²) in [4.78, 5) is 12.0. The number of halogens is 1. The minimum atomic E-state index is -0.0258. The molecule has 3 rings (SSSR count). The summed E-state index contributed by atoms with van der Waals surface area (Å²) in [7, 11) is 0. The van der Waals surface area contributed by atoms with E-state index in [4.69, 9.17) is 11.6 Å². The average Bonchev–Trinajstić information content (AvgIpc) is 3.29. The van der Waals surface area contributed by atoms with Crippen molar-refractivity contribution in [2.24, 2.45) is 11.0 Å². The Kier molecular flexibility index (Phi) is 4.02. The predicted molar refractivity (Wildman–Crippen MR) is 84.5 cm³/mol. The van der Waals surface area contributed by atoms with E-state index in [1.54, 1.807) is 18.3 Å². The zero-order chi connectivity index (χ0) is 14.7. The molecule has 4 heteroatoms. The van der Waals surface area contributed by atoms with Gasteiger partial charge in [-0.15, -0.1) is 0 Å².